The molecule has 0 aliphatic heterocycles. The summed E-state index contributed by atoms with van der Waals surface area (Å²) >= 11 is 5.93. The molecule has 0 bridgehead atoms. The van der Waals surface area contributed by atoms with E-state index in [1.807, 2.05) is 0 Å². The number of rotatable bonds is 6. The summed E-state index contributed by atoms with van der Waals surface area (Å²) in [6.45, 7) is 0. The summed E-state index contributed by atoms with van der Waals surface area (Å²) in [6.07, 6.45) is 47.2. The van der Waals surface area contributed by atoms with Gasteiger partial charge in [-0.15, -0.1) is 0 Å². The topological polar surface area (TPSA) is 17.1 Å². The first-order chi connectivity index (χ1) is 20.6. The number of hydrogen-bond acceptors (Lipinski definition) is 1. The Kier molecular flexibility index (Phi) is 18.5. The molecule has 0 N–H and O–H groups in total. The van der Waals surface area contributed by atoms with Gasteiger partial charge in [0.15, 0.2) is 0 Å². The van der Waals surface area contributed by atoms with Crippen molar-refractivity contribution in [2.75, 3.05) is 0 Å². The second kappa shape index (κ2) is 21.4. The van der Waals surface area contributed by atoms with E-state index < -0.39 is 0 Å². The fourth-order valence-electron chi connectivity index (χ4n) is 10.1. The molecule has 0 atom stereocenters. The molecule has 6 saturated carbocycles. The Labute approximate surface area is 280 Å². The quantitative estimate of drug-likeness (QED) is 0.193. The van der Waals surface area contributed by atoms with Crippen molar-refractivity contribution >= 4 is 31.2 Å². The molecule has 0 saturated heterocycles. The summed E-state index contributed by atoms with van der Waals surface area (Å²) in [5, 5.41) is 0. The second-order valence-electron chi connectivity index (χ2n) is 14.9. The Hall–Kier alpha value is 1.47. The van der Waals surface area contributed by atoms with Gasteiger partial charge >= 0.3 is 39.1 Å². The van der Waals surface area contributed by atoms with Crippen LogP contribution in [0.1, 0.15) is 193 Å². The van der Waals surface area contributed by atoms with Crippen LogP contribution in [0.25, 0.3) is 0 Å². The van der Waals surface area contributed by atoms with Gasteiger partial charge in [0.1, 0.15) is 0 Å². The van der Waals surface area contributed by atoms with Crippen molar-refractivity contribution in [1.29, 1.82) is 0 Å². The molecular weight excluding hydrogens is 750 g/mol. The van der Waals surface area contributed by atoms with Crippen molar-refractivity contribution in [2.24, 2.45) is 0 Å². The molecule has 0 spiro atoms. The van der Waals surface area contributed by atoms with Crippen molar-refractivity contribution < 1.29 is 23.7 Å². The Morgan fingerprint density at radius 1 is 0.357 bits per heavy atom. The third kappa shape index (κ3) is 12.6. The van der Waals surface area contributed by atoms with Gasteiger partial charge in [0.2, 0.25) is 0 Å². The molecule has 6 aliphatic rings. The molecule has 246 valence electrons. The molecule has 42 heavy (non-hydrogen) atoms. The zero-order valence-corrected chi connectivity index (χ0v) is 32.1. The van der Waals surface area contributed by atoms with E-state index in [0.717, 1.165) is 0 Å². The third-order valence-corrected chi connectivity index (χ3v) is 20.1. The van der Waals surface area contributed by atoms with E-state index in [2.05, 4.69) is 11.6 Å². The summed E-state index contributed by atoms with van der Waals surface area (Å²) < 4.78 is -0.361. The first-order valence-electron chi connectivity index (χ1n) is 19.0. The van der Waals surface area contributed by atoms with Gasteiger partial charge in [0, 0.05) is 0 Å². The monoisotopic (exact) mass is 816 g/mol. The zero-order chi connectivity index (χ0) is 29.4. The maximum absolute atomic E-state index is 9.21. The van der Waals surface area contributed by atoms with Gasteiger partial charge < -0.3 is 0 Å². The minimum absolute atomic E-state index is 0.361. The van der Waals surface area contributed by atoms with E-state index in [1.165, 1.54) is 91.4 Å². The van der Waals surface area contributed by atoms with Crippen LogP contribution in [0.5, 0.6) is 0 Å². The Morgan fingerprint density at radius 3 is 0.595 bits per heavy atom. The van der Waals surface area contributed by atoms with Gasteiger partial charge in [-0.25, -0.2) is 0 Å². The molecule has 1 nitrogen and oxygen atoms in total. The molecule has 5 heteroatoms. The predicted octanol–water partition coefficient (Wildman–Crippen LogP) is 13.8. The predicted molar refractivity (Wildman–Crippen MR) is 186 cm³/mol. The molecule has 0 radical (unpaired) electrons. The first-order valence-corrected chi connectivity index (χ1v) is 23.7. The molecule has 0 amide bonds. The van der Waals surface area contributed by atoms with Gasteiger partial charge in [-0.3, -0.25) is 0 Å². The van der Waals surface area contributed by atoms with Crippen LogP contribution in [0.4, 0.5) is 4.79 Å². The Bertz CT molecular complexity index is 557. The number of carbonyl (C=O) groups excluding carboxylic acids is 1. The normalized spacial score (nSPS) is 26.8. The van der Waals surface area contributed by atoms with E-state index in [9.17, 15) is 4.79 Å². The minimum atomic E-state index is -0.361. The maximum atomic E-state index is 9.21. The van der Waals surface area contributed by atoms with Crippen molar-refractivity contribution in [3.63, 3.8) is 0 Å². The van der Waals surface area contributed by atoms with Crippen molar-refractivity contribution in [2.45, 2.75) is 227 Å². The van der Waals surface area contributed by atoms with Crippen LogP contribution in [-0.4, -0.2) is 37.7 Å². The van der Waals surface area contributed by atoms with Gasteiger partial charge in [-0.1, -0.05) is 131 Å². The summed E-state index contributed by atoms with van der Waals surface area (Å²) in [5.74, 6) is 0. The molecular formula is C37H66ClIrOP2. The standard InChI is InChI=1S/2C18H33P.CClO.Ir/c2*1-4-10-16(11-5-1)19(17-12-6-2-7-13-17)18-14-8-3-9-15-18;2-1-3;/h2*16-18H,1-15H2;;. The summed E-state index contributed by atoms with van der Waals surface area (Å²) in [7, 11) is 0.770. The van der Waals surface area contributed by atoms with E-state index in [0.29, 0.717) is 15.8 Å². The Morgan fingerprint density at radius 2 is 0.476 bits per heavy atom. The fraction of sp³-hybridized carbons (Fsp3) is 0.973. The van der Waals surface area contributed by atoms with Gasteiger partial charge in [-0.2, -0.15) is 0 Å². The molecule has 0 aromatic rings. The number of halogens is 1. The number of hydrogen-bond donors (Lipinski definition) is 0. The zero-order valence-electron chi connectivity index (χ0n) is 27.2. The molecule has 0 aromatic carbocycles. The van der Waals surface area contributed by atoms with E-state index in [1.54, 1.807) is 154 Å². The van der Waals surface area contributed by atoms with Crippen LogP contribution in [0.15, 0.2) is 0 Å². The average Bonchev–Trinajstić information content (AvgIpc) is 3.05. The molecule has 0 heterocycles. The molecule has 6 aliphatic carbocycles. The van der Waals surface area contributed by atoms with Gasteiger partial charge in [0.25, 0.3) is 0 Å². The van der Waals surface area contributed by atoms with E-state index in [-0.39, 0.29) is 3.76 Å². The van der Waals surface area contributed by atoms with Crippen LogP contribution < -0.4 is 0 Å². The summed E-state index contributed by atoms with van der Waals surface area (Å²) in [6, 6.07) is 0. The average molecular weight is 817 g/mol. The van der Waals surface area contributed by atoms with E-state index in [4.69, 9.17) is 0 Å². The Balaban J connectivity index is 0.000000171. The van der Waals surface area contributed by atoms with Crippen molar-refractivity contribution in [3.8, 4) is 0 Å². The molecule has 6 fully saturated rings. The fourth-order valence-corrected chi connectivity index (χ4v) is 19.4. The second-order valence-corrected chi connectivity index (χ2v) is 23.2. The van der Waals surface area contributed by atoms with Crippen LogP contribution in [0.2, 0.25) is 0 Å². The van der Waals surface area contributed by atoms with Gasteiger partial charge in [0.05, 0.1) is 0 Å². The number of carbonyl (C=O) groups is 1. The molecule has 6 rings (SSSR count). The molecule has 0 unspecified atom stereocenters. The summed E-state index contributed by atoms with van der Waals surface area (Å²) in [5.41, 5.74) is 7.14. The van der Waals surface area contributed by atoms with Crippen LogP contribution in [0.3, 0.4) is 0 Å². The molecule has 0 aromatic heterocycles. The van der Waals surface area contributed by atoms with Crippen LogP contribution in [-0.2, 0) is 18.9 Å². The SMILES string of the molecule is C1CCC(P(C2CCCCC2)C2CCCCC2)CC1.C1CCC(P(C2CCCCC2)C2CCCCC2)CC1.O=[C](Cl)[Ir]. The first kappa shape index (κ1) is 36.3. The summed E-state index contributed by atoms with van der Waals surface area (Å²) in [4.78, 5) is 9.21. The van der Waals surface area contributed by atoms with Crippen LogP contribution in [0, 0.1) is 0 Å². The van der Waals surface area contributed by atoms with Crippen LogP contribution >= 0.6 is 27.4 Å². The van der Waals surface area contributed by atoms with Gasteiger partial charge in [-0.05, 0) is 111 Å². The third-order valence-electron chi connectivity index (χ3n) is 12.0. The van der Waals surface area contributed by atoms with Crippen molar-refractivity contribution in [3.05, 3.63) is 0 Å². The van der Waals surface area contributed by atoms with E-state index >= 15 is 0 Å². The van der Waals surface area contributed by atoms with Crippen molar-refractivity contribution in [1.82, 2.24) is 0 Å².